The highest BCUT2D eigenvalue weighted by Gasteiger charge is 2.15. The topological polar surface area (TPSA) is 54.0 Å². The molecule has 1 aliphatic heterocycles. The van der Waals surface area contributed by atoms with E-state index in [2.05, 4.69) is 0 Å². The van der Waals surface area contributed by atoms with Gasteiger partial charge in [-0.15, -0.1) is 0 Å². The first-order valence-corrected chi connectivity index (χ1v) is 6.33. The molecule has 0 bridgehead atoms. The Bertz CT molecular complexity index is 412. The predicted molar refractivity (Wildman–Crippen MR) is 68.8 cm³/mol. The summed E-state index contributed by atoms with van der Waals surface area (Å²) in [5, 5.41) is 0. The normalized spacial score (nSPS) is 16.1. The number of aldehydes is 1. The fourth-order valence-electron chi connectivity index (χ4n) is 1.90. The third-order valence-electron chi connectivity index (χ3n) is 2.85. The molecule has 1 aromatic rings. The summed E-state index contributed by atoms with van der Waals surface area (Å²) in [6.07, 6.45) is 2.09. The number of benzene rings is 1. The van der Waals surface area contributed by atoms with Crippen LogP contribution in [0.1, 0.15) is 23.2 Å². The molecule has 1 fully saturated rings. The molecule has 0 saturated carbocycles. The van der Waals surface area contributed by atoms with Gasteiger partial charge in [0.2, 0.25) is 0 Å². The third kappa shape index (κ3) is 3.68. The van der Waals surface area contributed by atoms with Gasteiger partial charge in [-0.25, -0.2) is 0 Å². The van der Waals surface area contributed by atoms with E-state index in [1.807, 2.05) is 0 Å². The van der Waals surface area contributed by atoms with E-state index in [1.165, 1.54) is 0 Å². The molecule has 0 spiro atoms. The summed E-state index contributed by atoms with van der Waals surface area (Å²) in [6.45, 7) is 1.85. The summed E-state index contributed by atoms with van der Waals surface area (Å²) in [5.74, 6) is 1.02. The van der Waals surface area contributed by atoms with Crippen molar-refractivity contribution >= 4 is 6.29 Å². The molecule has 0 unspecified atom stereocenters. The highest BCUT2D eigenvalue weighted by Crippen LogP contribution is 2.30. The van der Waals surface area contributed by atoms with Crippen molar-refractivity contribution in [1.82, 2.24) is 0 Å². The first-order valence-electron chi connectivity index (χ1n) is 6.33. The van der Waals surface area contributed by atoms with Gasteiger partial charge in [-0.2, -0.15) is 0 Å². The Morgan fingerprint density at radius 2 is 2.16 bits per heavy atom. The number of para-hydroxylation sites is 1. The number of rotatable bonds is 6. The van der Waals surface area contributed by atoms with Gasteiger partial charge >= 0.3 is 0 Å². The van der Waals surface area contributed by atoms with E-state index in [9.17, 15) is 4.79 Å². The number of hydrogen-bond acceptors (Lipinski definition) is 5. The van der Waals surface area contributed by atoms with E-state index in [0.717, 1.165) is 25.9 Å². The van der Waals surface area contributed by atoms with Gasteiger partial charge in [-0.3, -0.25) is 4.79 Å². The maximum Gasteiger partial charge on any atom is 0.171 e. The second-order valence-electron chi connectivity index (χ2n) is 4.16. The highest BCUT2D eigenvalue weighted by atomic mass is 16.7. The van der Waals surface area contributed by atoms with Crippen molar-refractivity contribution in [2.24, 2.45) is 0 Å². The average molecular weight is 266 g/mol. The van der Waals surface area contributed by atoms with Crippen molar-refractivity contribution < 1.29 is 23.7 Å². The predicted octanol–water partition coefficient (Wildman–Crippen LogP) is 2.04. The minimum Gasteiger partial charge on any atom is -0.493 e. The van der Waals surface area contributed by atoms with Gasteiger partial charge in [0.1, 0.15) is 0 Å². The SMILES string of the molecule is COc1cccc(C=O)c1OCCC1OCCCO1. The lowest BCUT2D eigenvalue weighted by atomic mass is 10.2. The van der Waals surface area contributed by atoms with Gasteiger partial charge in [-0.1, -0.05) is 6.07 Å². The van der Waals surface area contributed by atoms with Crippen LogP contribution in [-0.4, -0.2) is 39.5 Å². The molecular formula is C14H18O5. The number of methoxy groups -OCH3 is 1. The molecule has 0 radical (unpaired) electrons. The van der Waals surface area contributed by atoms with Crippen LogP contribution in [0.25, 0.3) is 0 Å². The van der Waals surface area contributed by atoms with E-state index < -0.39 is 0 Å². The zero-order valence-corrected chi connectivity index (χ0v) is 11.0. The van der Waals surface area contributed by atoms with Gasteiger partial charge in [0, 0.05) is 6.42 Å². The molecule has 0 aliphatic carbocycles. The Balaban J connectivity index is 1.92. The second kappa shape index (κ2) is 7.11. The van der Waals surface area contributed by atoms with Crippen molar-refractivity contribution in [1.29, 1.82) is 0 Å². The fraction of sp³-hybridized carbons (Fsp3) is 0.500. The molecule has 1 heterocycles. The van der Waals surface area contributed by atoms with Crippen LogP contribution in [0.3, 0.4) is 0 Å². The minimum atomic E-state index is -0.219. The van der Waals surface area contributed by atoms with Crippen molar-refractivity contribution in [2.45, 2.75) is 19.1 Å². The first-order chi connectivity index (χ1) is 9.35. The van der Waals surface area contributed by atoms with Gasteiger partial charge < -0.3 is 18.9 Å². The number of carbonyl (C=O) groups is 1. The van der Waals surface area contributed by atoms with Gasteiger partial charge in [0.05, 0.1) is 32.5 Å². The van der Waals surface area contributed by atoms with Crippen LogP contribution < -0.4 is 9.47 Å². The van der Waals surface area contributed by atoms with Crippen LogP contribution in [0.2, 0.25) is 0 Å². The molecule has 104 valence electrons. The van der Waals surface area contributed by atoms with Crippen LogP contribution in [0.4, 0.5) is 0 Å². The Morgan fingerprint density at radius 1 is 1.37 bits per heavy atom. The Hall–Kier alpha value is -1.59. The second-order valence-corrected chi connectivity index (χ2v) is 4.16. The van der Waals surface area contributed by atoms with E-state index in [1.54, 1.807) is 25.3 Å². The molecule has 5 heteroatoms. The summed E-state index contributed by atoms with van der Waals surface area (Å²) in [4.78, 5) is 11.0. The van der Waals surface area contributed by atoms with Crippen molar-refractivity contribution in [3.05, 3.63) is 23.8 Å². The molecule has 0 atom stereocenters. The molecule has 2 rings (SSSR count). The largest absolute Gasteiger partial charge is 0.493 e. The molecule has 19 heavy (non-hydrogen) atoms. The Morgan fingerprint density at radius 3 is 2.84 bits per heavy atom. The maximum absolute atomic E-state index is 11.0. The lowest BCUT2D eigenvalue weighted by Crippen LogP contribution is -2.26. The van der Waals surface area contributed by atoms with Crippen molar-refractivity contribution in [2.75, 3.05) is 26.9 Å². The van der Waals surface area contributed by atoms with Crippen molar-refractivity contribution in [3.63, 3.8) is 0 Å². The van der Waals surface area contributed by atoms with E-state index in [0.29, 0.717) is 30.1 Å². The zero-order chi connectivity index (χ0) is 13.5. The molecule has 5 nitrogen and oxygen atoms in total. The maximum atomic E-state index is 11.0. The molecular weight excluding hydrogens is 248 g/mol. The summed E-state index contributed by atoms with van der Waals surface area (Å²) in [6, 6.07) is 5.21. The molecule has 0 amide bonds. The molecule has 0 N–H and O–H groups in total. The van der Waals surface area contributed by atoms with Crippen LogP contribution in [-0.2, 0) is 9.47 Å². The molecule has 1 aromatic carbocycles. The lowest BCUT2D eigenvalue weighted by molar-refractivity contribution is -0.183. The standard InChI is InChI=1S/C14H18O5/c1-16-12-5-2-4-11(10-15)14(12)19-9-6-13-17-7-3-8-18-13/h2,4-5,10,13H,3,6-9H2,1H3. The third-order valence-corrected chi connectivity index (χ3v) is 2.85. The summed E-state index contributed by atoms with van der Waals surface area (Å²) < 4.78 is 21.7. The molecule has 0 aromatic heterocycles. The Kier molecular flexibility index (Phi) is 5.18. The van der Waals surface area contributed by atoms with Gasteiger partial charge in [-0.05, 0) is 18.6 Å². The molecule has 1 saturated heterocycles. The number of carbonyl (C=O) groups excluding carboxylic acids is 1. The number of hydrogen-bond donors (Lipinski definition) is 0. The van der Waals surface area contributed by atoms with Crippen LogP contribution in [0.5, 0.6) is 11.5 Å². The highest BCUT2D eigenvalue weighted by molar-refractivity contribution is 5.81. The van der Waals surface area contributed by atoms with Gasteiger partial charge in [0.25, 0.3) is 0 Å². The number of ether oxygens (including phenoxy) is 4. The lowest BCUT2D eigenvalue weighted by Gasteiger charge is -2.23. The minimum absolute atomic E-state index is 0.219. The van der Waals surface area contributed by atoms with Crippen LogP contribution >= 0.6 is 0 Å². The first kappa shape index (κ1) is 13.8. The fourth-order valence-corrected chi connectivity index (χ4v) is 1.90. The average Bonchev–Trinajstić information content (AvgIpc) is 2.48. The van der Waals surface area contributed by atoms with Crippen molar-refractivity contribution in [3.8, 4) is 11.5 Å². The van der Waals surface area contributed by atoms with E-state index >= 15 is 0 Å². The van der Waals surface area contributed by atoms with E-state index in [4.69, 9.17) is 18.9 Å². The summed E-state index contributed by atoms with van der Waals surface area (Å²) >= 11 is 0. The monoisotopic (exact) mass is 266 g/mol. The quantitative estimate of drug-likeness (QED) is 0.737. The zero-order valence-electron chi connectivity index (χ0n) is 11.0. The summed E-state index contributed by atoms with van der Waals surface area (Å²) in [5.41, 5.74) is 0.477. The smallest absolute Gasteiger partial charge is 0.171 e. The van der Waals surface area contributed by atoms with Gasteiger partial charge in [0.15, 0.2) is 24.1 Å². The van der Waals surface area contributed by atoms with E-state index in [-0.39, 0.29) is 6.29 Å². The Labute approximate surface area is 112 Å². The van der Waals surface area contributed by atoms with Crippen LogP contribution in [0.15, 0.2) is 18.2 Å². The molecule has 1 aliphatic rings. The summed E-state index contributed by atoms with van der Waals surface area (Å²) in [7, 11) is 1.55. The van der Waals surface area contributed by atoms with Crippen LogP contribution in [0, 0.1) is 0 Å².